The summed E-state index contributed by atoms with van der Waals surface area (Å²) in [7, 11) is -2.53. The Bertz CT molecular complexity index is 867. The van der Waals surface area contributed by atoms with E-state index in [9.17, 15) is 13.2 Å². The lowest BCUT2D eigenvalue weighted by Crippen LogP contribution is -2.13. The molecule has 0 aliphatic rings. The number of aromatic carboxylic acids is 1. The number of carboxylic acids is 1. The van der Waals surface area contributed by atoms with Crippen LogP contribution < -0.4 is 9.46 Å². The van der Waals surface area contributed by atoms with Crippen molar-refractivity contribution >= 4 is 44.9 Å². The van der Waals surface area contributed by atoms with E-state index in [1.807, 2.05) is 0 Å². The Morgan fingerprint density at radius 1 is 1.13 bits per heavy atom. The maximum absolute atomic E-state index is 12.3. The van der Waals surface area contributed by atoms with Gasteiger partial charge in [0.25, 0.3) is 10.0 Å². The van der Waals surface area contributed by atoms with E-state index in [4.69, 9.17) is 33.0 Å². The van der Waals surface area contributed by atoms with E-state index in [0.29, 0.717) is 5.75 Å². The Balaban J connectivity index is 2.37. The van der Waals surface area contributed by atoms with Crippen LogP contribution in [0.25, 0.3) is 0 Å². The molecule has 2 aromatic carbocycles. The zero-order chi connectivity index (χ0) is 17.2. The van der Waals surface area contributed by atoms with Gasteiger partial charge in [-0.05, 0) is 36.4 Å². The highest BCUT2D eigenvalue weighted by atomic mass is 35.5. The number of hydrogen-bond acceptors (Lipinski definition) is 4. The number of ether oxygens (including phenoxy) is 1. The summed E-state index contributed by atoms with van der Waals surface area (Å²) in [6.45, 7) is 0. The molecule has 2 N–H and O–H groups in total. The first-order valence-electron chi connectivity index (χ1n) is 6.14. The van der Waals surface area contributed by atoms with Crippen molar-refractivity contribution in [3.05, 3.63) is 52.0 Å². The molecule has 0 spiro atoms. The number of benzene rings is 2. The van der Waals surface area contributed by atoms with Crippen molar-refractivity contribution in [2.45, 2.75) is 4.90 Å². The van der Waals surface area contributed by atoms with Gasteiger partial charge in [-0.3, -0.25) is 4.72 Å². The number of rotatable bonds is 5. The van der Waals surface area contributed by atoms with Gasteiger partial charge in [0.1, 0.15) is 5.75 Å². The highest BCUT2D eigenvalue weighted by Crippen LogP contribution is 2.28. The van der Waals surface area contributed by atoms with Crippen LogP contribution in [0.4, 0.5) is 5.69 Å². The average Bonchev–Trinajstić information content (AvgIpc) is 2.48. The summed E-state index contributed by atoms with van der Waals surface area (Å²) >= 11 is 11.7. The zero-order valence-electron chi connectivity index (χ0n) is 11.7. The summed E-state index contributed by atoms with van der Waals surface area (Å²) < 4.78 is 31.9. The van der Waals surface area contributed by atoms with Crippen LogP contribution in [0.15, 0.2) is 41.3 Å². The average molecular weight is 376 g/mol. The molecule has 0 unspecified atom stereocenters. The van der Waals surface area contributed by atoms with Crippen molar-refractivity contribution in [1.82, 2.24) is 0 Å². The summed E-state index contributed by atoms with van der Waals surface area (Å²) in [6.07, 6.45) is 0. The number of hydrogen-bond donors (Lipinski definition) is 2. The van der Waals surface area contributed by atoms with Crippen LogP contribution in [0, 0.1) is 0 Å². The molecule has 0 bridgehead atoms. The van der Waals surface area contributed by atoms with Gasteiger partial charge in [-0.15, -0.1) is 0 Å². The minimum Gasteiger partial charge on any atom is -0.495 e. The third-order valence-corrected chi connectivity index (χ3v) is 4.89. The molecule has 9 heteroatoms. The van der Waals surface area contributed by atoms with Gasteiger partial charge >= 0.3 is 5.97 Å². The maximum atomic E-state index is 12.3. The van der Waals surface area contributed by atoms with Gasteiger partial charge in [0.05, 0.1) is 27.6 Å². The van der Waals surface area contributed by atoms with Gasteiger partial charge in [0.2, 0.25) is 0 Å². The number of nitrogens with one attached hydrogen (secondary N) is 1. The molecule has 0 heterocycles. The largest absolute Gasteiger partial charge is 0.495 e. The Labute approximate surface area is 142 Å². The lowest BCUT2D eigenvalue weighted by molar-refractivity contribution is 0.0697. The van der Waals surface area contributed by atoms with Gasteiger partial charge < -0.3 is 9.84 Å². The molecule has 0 saturated heterocycles. The number of carboxylic acid groups (broad SMARTS) is 1. The van der Waals surface area contributed by atoms with Crippen molar-refractivity contribution < 1.29 is 23.1 Å². The second-order valence-electron chi connectivity index (χ2n) is 4.40. The van der Waals surface area contributed by atoms with Gasteiger partial charge in [-0.2, -0.15) is 0 Å². The summed E-state index contributed by atoms with van der Waals surface area (Å²) in [5.41, 5.74) is -0.140. The van der Waals surface area contributed by atoms with Gasteiger partial charge in [0.15, 0.2) is 0 Å². The number of methoxy groups -OCH3 is 1. The fourth-order valence-electron chi connectivity index (χ4n) is 1.78. The van der Waals surface area contributed by atoms with Crippen LogP contribution in [-0.4, -0.2) is 26.6 Å². The fourth-order valence-corrected chi connectivity index (χ4v) is 3.38. The Hall–Kier alpha value is -1.96. The van der Waals surface area contributed by atoms with Crippen molar-refractivity contribution in [3.8, 4) is 5.75 Å². The molecule has 0 aromatic heterocycles. The van der Waals surface area contributed by atoms with E-state index >= 15 is 0 Å². The van der Waals surface area contributed by atoms with E-state index in [0.717, 1.165) is 6.07 Å². The molecule has 23 heavy (non-hydrogen) atoms. The monoisotopic (exact) mass is 375 g/mol. The van der Waals surface area contributed by atoms with Crippen molar-refractivity contribution in [3.63, 3.8) is 0 Å². The van der Waals surface area contributed by atoms with Crippen LogP contribution in [0.5, 0.6) is 5.75 Å². The van der Waals surface area contributed by atoms with Crippen LogP contribution in [0.3, 0.4) is 0 Å². The SMILES string of the molecule is COc1ccc(S(=O)(=O)Nc2ccc(Cl)c(C(=O)O)c2)cc1Cl. The second-order valence-corrected chi connectivity index (χ2v) is 6.90. The summed E-state index contributed by atoms with van der Waals surface area (Å²) in [6, 6.07) is 7.76. The lowest BCUT2D eigenvalue weighted by Gasteiger charge is -2.11. The molecule has 122 valence electrons. The van der Waals surface area contributed by atoms with E-state index < -0.39 is 16.0 Å². The quantitative estimate of drug-likeness (QED) is 0.833. The normalized spacial score (nSPS) is 11.1. The molecule has 0 fully saturated rings. The van der Waals surface area contributed by atoms with Crippen LogP contribution >= 0.6 is 23.2 Å². The van der Waals surface area contributed by atoms with Crippen molar-refractivity contribution in [2.24, 2.45) is 0 Å². The number of carbonyl (C=O) groups is 1. The fraction of sp³-hybridized carbons (Fsp3) is 0.0714. The molecular weight excluding hydrogens is 365 g/mol. The number of halogens is 2. The summed E-state index contributed by atoms with van der Waals surface area (Å²) in [4.78, 5) is 10.9. The lowest BCUT2D eigenvalue weighted by atomic mass is 10.2. The molecule has 2 aromatic rings. The molecule has 0 atom stereocenters. The van der Waals surface area contributed by atoms with Gasteiger partial charge in [-0.1, -0.05) is 23.2 Å². The third-order valence-electron chi connectivity index (χ3n) is 2.88. The van der Waals surface area contributed by atoms with E-state index in [1.165, 1.54) is 37.4 Å². The first-order valence-corrected chi connectivity index (χ1v) is 8.37. The van der Waals surface area contributed by atoms with Crippen molar-refractivity contribution in [1.29, 1.82) is 0 Å². The van der Waals surface area contributed by atoms with E-state index in [-0.39, 0.29) is 26.2 Å². The van der Waals surface area contributed by atoms with Crippen molar-refractivity contribution in [2.75, 3.05) is 11.8 Å². The van der Waals surface area contributed by atoms with E-state index in [1.54, 1.807) is 0 Å². The maximum Gasteiger partial charge on any atom is 0.337 e. The summed E-state index contributed by atoms with van der Waals surface area (Å²) in [5, 5.41) is 9.15. The molecule has 0 aliphatic carbocycles. The molecular formula is C14H11Cl2NO5S. The molecule has 6 nitrogen and oxygen atoms in total. The Morgan fingerprint density at radius 2 is 1.83 bits per heavy atom. The molecule has 0 aliphatic heterocycles. The molecule has 0 radical (unpaired) electrons. The minimum atomic E-state index is -3.94. The predicted molar refractivity (Wildman–Crippen MR) is 87.2 cm³/mol. The predicted octanol–water partition coefficient (Wildman–Crippen LogP) is 3.50. The smallest absolute Gasteiger partial charge is 0.337 e. The highest BCUT2D eigenvalue weighted by Gasteiger charge is 2.18. The second kappa shape index (κ2) is 6.66. The molecule has 0 amide bonds. The van der Waals surface area contributed by atoms with Gasteiger partial charge in [-0.25, -0.2) is 13.2 Å². The molecule has 2 rings (SSSR count). The minimum absolute atomic E-state index is 0.00735. The highest BCUT2D eigenvalue weighted by molar-refractivity contribution is 7.92. The summed E-state index contributed by atoms with van der Waals surface area (Å²) in [5.74, 6) is -0.922. The zero-order valence-corrected chi connectivity index (χ0v) is 14.0. The standard InChI is InChI=1S/C14H11Cl2NO5S/c1-22-13-5-3-9(7-12(13)16)23(20,21)17-8-2-4-11(15)10(6-8)14(18)19/h2-7,17H,1H3,(H,18,19). The molecule has 0 saturated carbocycles. The van der Waals surface area contributed by atoms with E-state index in [2.05, 4.69) is 4.72 Å². The third kappa shape index (κ3) is 3.87. The number of sulfonamides is 1. The number of anilines is 1. The van der Waals surface area contributed by atoms with Crippen LogP contribution in [0.1, 0.15) is 10.4 Å². The Kier molecular flexibility index (Phi) is 5.03. The Morgan fingerprint density at radius 3 is 2.39 bits per heavy atom. The van der Waals surface area contributed by atoms with Crippen LogP contribution in [-0.2, 0) is 10.0 Å². The van der Waals surface area contributed by atoms with Gasteiger partial charge in [0, 0.05) is 5.69 Å². The topological polar surface area (TPSA) is 92.7 Å². The first-order chi connectivity index (χ1) is 10.7. The van der Waals surface area contributed by atoms with Crippen LogP contribution in [0.2, 0.25) is 10.0 Å². The first kappa shape index (κ1) is 17.4.